The van der Waals surface area contributed by atoms with Crippen LogP contribution >= 0.6 is 11.6 Å². The maximum Gasteiger partial charge on any atom is 0.335 e. The number of rotatable bonds is 5. The summed E-state index contributed by atoms with van der Waals surface area (Å²) in [4.78, 5) is 16.9. The van der Waals surface area contributed by atoms with Gasteiger partial charge >= 0.3 is 5.97 Å². The predicted octanol–water partition coefficient (Wildman–Crippen LogP) is 5.84. The van der Waals surface area contributed by atoms with Gasteiger partial charge in [-0.2, -0.15) is 0 Å². The molecule has 0 unspecified atom stereocenters. The highest BCUT2D eigenvalue weighted by atomic mass is 35.5. The van der Waals surface area contributed by atoms with E-state index < -0.39 is 20.3 Å². The van der Waals surface area contributed by atoms with Crippen LogP contribution in [0.25, 0.3) is 5.69 Å². The van der Waals surface area contributed by atoms with Crippen LogP contribution in [0.2, 0.25) is 23.2 Å². The quantitative estimate of drug-likeness (QED) is 0.448. The minimum atomic E-state index is -2.05. The van der Waals surface area contributed by atoms with E-state index in [0.717, 1.165) is 11.3 Å². The molecule has 0 amide bonds. The van der Waals surface area contributed by atoms with Crippen molar-refractivity contribution < 1.29 is 14.3 Å². The van der Waals surface area contributed by atoms with E-state index in [4.69, 9.17) is 21.0 Å². The standard InChI is InChI=1S/C25H29ClN4O3Si/c1-15-28-29-23-20(14-33-34(5,6)25(2,3)4)27-22(16-7-10-18(26)11-8-16)19-13-17(24(31)32)9-12-21(19)30(15)23/h7-13,20H,14H2,1-6H3,(H,31,32)/t20-/m0/s1. The predicted molar refractivity (Wildman–Crippen MR) is 136 cm³/mol. The molecule has 0 bridgehead atoms. The second-order valence-corrected chi connectivity index (χ2v) is 15.3. The van der Waals surface area contributed by atoms with Gasteiger partial charge in [-0.3, -0.25) is 9.56 Å². The van der Waals surface area contributed by atoms with Gasteiger partial charge in [0, 0.05) is 16.1 Å². The summed E-state index contributed by atoms with van der Waals surface area (Å²) in [7, 11) is -2.05. The molecule has 1 aliphatic rings. The molecule has 1 N–H and O–H groups in total. The van der Waals surface area contributed by atoms with Crippen molar-refractivity contribution in [3.05, 3.63) is 75.8 Å². The average Bonchev–Trinajstić information content (AvgIpc) is 3.08. The van der Waals surface area contributed by atoms with Crippen molar-refractivity contribution in [2.45, 2.75) is 51.9 Å². The van der Waals surface area contributed by atoms with Gasteiger partial charge in [0.1, 0.15) is 11.9 Å². The SMILES string of the molecule is Cc1nnc2n1-c1ccc(C(=O)O)cc1C(c1ccc(Cl)cc1)=N[C@H]2CO[Si](C)(C)C(C)(C)C. The smallest absolute Gasteiger partial charge is 0.335 e. The van der Waals surface area contributed by atoms with Gasteiger partial charge < -0.3 is 9.53 Å². The van der Waals surface area contributed by atoms with Gasteiger partial charge in [0.2, 0.25) is 0 Å². The van der Waals surface area contributed by atoms with Crippen LogP contribution < -0.4 is 0 Å². The number of carboxylic acid groups (broad SMARTS) is 1. The molecule has 1 atom stereocenters. The van der Waals surface area contributed by atoms with Crippen molar-refractivity contribution in [2.24, 2.45) is 4.99 Å². The molecule has 7 nitrogen and oxygen atoms in total. The summed E-state index contributed by atoms with van der Waals surface area (Å²) in [5.74, 6) is 0.370. The van der Waals surface area contributed by atoms with E-state index in [2.05, 4.69) is 44.1 Å². The Bertz CT molecular complexity index is 1280. The molecule has 2 aromatic carbocycles. The highest BCUT2D eigenvalue weighted by Crippen LogP contribution is 2.38. The topological polar surface area (TPSA) is 89.6 Å². The van der Waals surface area contributed by atoms with Crippen LogP contribution in [0.3, 0.4) is 0 Å². The molecule has 178 valence electrons. The lowest BCUT2D eigenvalue weighted by atomic mass is 9.98. The first-order chi connectivity index (χ1) is 15.9. The number of aromatic carboxylic acids is 1. The van der Waals surface area contributed by atoms with Gasteiger partial charge in [-0.05, 0) is 55.4 Å². The van der Waals surface area contributed by atoms with Crippen molar-refractivity contribution in [3.8, 4) is 5.69 Å². The zero-order valence-electron chi connectivity index (χ0n) is 20.3. The Morgan fingerprint density at radius 1 is 1.15 bits per heavy atom. The lowest BCUT2D eigenvalue weighted by molar-refractivity contribution is 0.0697. The maximum absolute atomic E-state index is 11.8. The molecule has 3 aromatic rings. The number of aliphatic imine (C=N–C) groups is 1. The van der Waals surface area contributed by atoms with Gasteiger partial charge in [-0.15, -0.1) is 10.2 Å². The number of nitrogens with zero attached hydrogens (tertiary/aromatic N) is 4. The first-order valence-corrected chi connectivity index (χ1v) is 14.5. The summed E-state index contributed by atoms with van der Waals surface area (Å²) in [6.07, 6.45) is 0. The number of hydrogen-bond acceptors (Lipinski definition) is 5. The van der Waals surface area contributed by atoms with Crippen molar-refractivity contribution in [1.29, 1.82) is 0 Å². The summed E-state index contributed by atoms with van der Waals surface area (Å²) >= 11 is 6.14. The van der Waals surface area contributed by atoms with E-state index in [-0.39, 0.29) is 10.6 Å². The van der Waals surface area contributed by atoms with E-state index in [1.807, 2.05) is 23.6 Å². The number of fused-ring (bicyclic) bond motifs is 3. The zero-order chi connectivity index (χ0) is 24.8. The number of carboxylic acids is 1. The normalized spacial score (nSPS) is 15.9. The number of aryl methyl sites for hydroxylation is 1. The van der Waals surface area contributed by atoms with E-state index in [9.17, 15) is 9.90 Å². The molecule has 0 aliphatic carbocycles. The molecule has 0 saturated heterocycles. The minimum Gasteiger partial charge on any atom is -0.478 e. The zero-order valence-corrected chi connectivity index (χ0v) is 22.0. The minimum absolute atomic E-state index is 0.0450. The average molecular weight is 497 g/mol. The molecule has 9 heteroatoms. The Morgan fingerprint density at radius 2 is 1.82 bits per heavy atom. The molecule has 0 radical (unpaired) electrons. The van der Waals surface area contributed by atoms with E-state index in [1.165, 1.54) is 0 Å². The third-order valence-corrected chi connectivity index (χ3v) is 11.5. The van der Waals surface area contributed by atoms with Crippen LogP contribution in [0.1, 0.15) is 59.9 Å². The second-order valence-electron chi connectivity index (χ2n) is 10.0. The summed E-state index contributed by atoms with van der Waals surface area (Å²) in [5.41, 5.74) is 3.17. The highest BCUT2D eigenvalue weighted by molar-refractivity contribution is 6.74. The lowest BCUT2D eigenvalue weighted by Gasteiger charge is -2.36. The number of carbonyl (C=O) groups is 1. The van der Waals surface area contributed by atoms with Gasteiger partial charge in [0.15, 0.2) is 14.1 Å². The maximum atomic E-state index is 11.8. The monoisotopic (exact) mass is 496 g/mol. The number of aromatic nitrogens is 3. The fourth-order valence-corrected chi connectivity index (χ4v) is 4.82. The molecule has 0 saturated carbocycles. The van der Waals surface area contributed by atoms with Crippen molar-refractivity contribution in [3.63, 3.8) is 0 Å². The van der Waals surface area contributed by atoms with Gasteiger partial charge in [-0.1, -0.05) is 44.5 Å². The Balaban J connectivity index is 1.92. The Hall–Kier alpha value is -2.81. The molecule has 1 aromatic heterocycles. The Labute approximate surface area is 205 Å². The third-order valence-electron chi connectivity index (χ3n) is 6.70. The number of halogens is 1. The molecule has 34 heavy (non-hydrogen) atoms. The largest absolute Gasteiger partial charge is 0.478 e. The molecule has 1 aliphatic heterocycles. The van der Waals surface area contributed by atoms with Gasteiger partial charge in [0.05, 0.1) is 23.6 Å². The van der Waals surface area contributed by atoms with Crippen molar-refractivity contribution in [2.75, 3.05) is 6.61 Å². The van der Waals surface area contributed by atoms with Crippen LogP contribution in [-0.4, -0.2) is 46.5 Å². The first-order valence-electron chi connectivity index (χ1n) is 11.2. The Kier molecular flexibility index (Phi) is 6.26. The summed E-state index contributed by atoms with van der Waals surface area (Å²) in [5, 5.41) is 19.1. The Morgan fingerprint density at radius 3 is 2.44 bits per heavy atom. The van der Waals surface area contributed by atoms with Crippen LogP contribution in [-0.2, 0) is 4.43 Å². The molecular formula is C25H29ClN4O3Si. The fourth-order valence-electron chi connectivity index (χ4n) is 3.68. The van der Waals surface area contributed by atoms with Crippen LogP contribution in [0, 0.1) is 6.92 Å². The summed E-state index contributed by atoms with van der Waals surface area (Å²) in [6, 6.07) is 12.0. The van der Waals surface area contributed by atoms with Crippen LogP contribution in [0.4, 0.5) is 0 Å². The van der Waals surface area contributed by atoms with Crippen molar-refractivity contribution >= 4 is 31.6 Å². The lowest BCUT2D eigenvalue weighted by Crippen LogP contribution is -2.41. The first kappa shape index (κ1) is 24.3. The van der Waals surface area contributed by atoms with E-state index in [1.54, 1.807) is 30.3 Å². The molecule has 0 fully saturated rings. The molecule has 2 heterocycles. The van der Waals surface area contributed by atoms with Gasteiger partial charge in [0.25, 0.3) is 0 Å². The second kappa shape index (κ2) is 8.76. The van der Waals surface area contributed by atoms with E-state index in [0.29, 0.717) is 34.6 Å². The van der Waals surface area contributed by atoms with E-state index >= 15 is 0 Å². The molecule has 0 spiro atoms. The number of hydrogen-bond donors (Lipinski definition) is 1. The highest BCUT2D eigenvalue weighted by Gasteiger charge is 2.39. The molecular weight excluding hydrogens is 468 g/mol. The number of benzene rings is 2. The van der Waals surface area contributed by atoms with Crippen molar-refractivity contribution in [1.82, 2.24) is 14.8 Å². The van der Waals surface area contributed by atoms with Crippen LogP contribution in [0.15, 0.2) is 47.5 Å². The fraction of sp³-hybridized carbons (Fsp3) is 0.360. The third kappa shape index (κ3) is 4.45. The summed E-state index contributed by atoms with van der Waals surface area (Å²) in [6.45, 7) is 13.2. The summed E-state index contributed by atoms with van der Waals surface area (Å²) < 4.78 is 8.51. The van der Waals surface area contributed by atoms with Crippen LogP contribution in [0.5, 0.6) is 0 Å². The molecule has 4 rings (SSSR count). The van der Waals surface area contributed by atoms with Gasteiger partial charge in [-0.25, -0.2) is 4.79 Å².